The number of urea groups is 1. The molecule has 3 heterocycles. The van der Waals surface area contributed by atoms with Crippen molar-refractivity contribution >= 4 is 35.4 Å². The van der Waals surface area contributed by atoms with E-state index in [4.69, 9.17) is 23.7 Å². The first-order chi connectivity index (χ1) is 21.7. The minimum absolute atomic E-state index is 0.128. The van der Waals surface area contributed by atoms with E-state index in [0.29, 0.717) is 16.8 Å². The van der Waals surface area contributed by atoms with E-state index in [1.807, 2.05) is 0 Å². The van der Waals surface area contributed by atoms with Crippen LogP contribution in [0.25, 0.3) is 0 Å². The highest BCUT2D eigenvalue weighted by molar-refractivity contribution is 5.98. The van der Waals surface area contributed by atoms with Crippen LogP contribution in [0.5, 0.6) is 11.8 Å². The van der Waals surface area contributed by atoms with E-state index in [1.165, 1.54) is 37.6 Å². The van der Waals surface area contributed by atoms with Crippen molar-refractivity contribution in [1.29, 1.82) is 0 Å². The molecule has 2 atom stereocenters. The number of nitrogens with zero attached hydrogens (tertiary/aromatic N) is 3. The first-order valence-electron chi connectivity index (χ1n) is 15.0. The highest BCUT2D eigenvalue weighted by atomic mass is 16.6. The van der Waals surface area contributed by atoms with Crippen molar-refractivity contribution in [3.05, 3.63) is 35.7 Å². The number of rotatable bonds is 10. The Kier molecular flexibility index (Phi) is 11.3. The van der Waals surface area contributed by atoms with Gasteiger partial charge in [-0.1, -0.05) is 0 Å². The molecule has 2 aromatic rings. The summed E-state index contributed by atoms with van der Waals surface area (Å²) in [6.45, 7) is 14.9. The number of pyridine rings is 2. The van der Waals surface area contributed by atoms with Gasteiger partial charge in [0.25, 0.3) is 0 Å². The molecule has 3 amide bonds. The van der Waals surface area contributed by atoms with Gasteiger partial charge in [-0.25, -0.2) is 24.4 Å². The summed E-state index contributed by atoms with van der Waals surface area (Å²) < 4.78 is 27.8. The maximum Gasteiger partial charge on any atom is 0.412 e. The van der Waals surface area contributed by atoms with Crippen LogP contribution in [-0.4, -0.2) is 82.0 Å². The number of fused-ring (bicyclic) bond motifs is 1. The molecule has 2 aromatic heterocycles. The minimum atomic E-state index is -1.55. The smallest absolute Gasteiger partial charge is 0.412 e. The largest absolute Gasteiger partial charge is 0.481 e. The molecule has 3 rings (SSSR count). The topological polar surface area (TPSA) is 180 Å². The summed E-state index contributed by atoms with van der Waals surface area (Å²) in [4.78, 5) is 63.9. The van der Waals surface area contributed by atoms with Crippen LogP contribution < -0.4 is 25.4 Å². The molecule has 0 saturated heterocycles. The summed E-state index contributed by atoms with van der Waals surface area (Å²) in [6, 6.07) is -0.563. The normalized spacial score (nSPS) is 14.6. The lowest BCUT2D eigenvalue weighted by Crippen LogP contribution is -2.62. The molecule has 0 saturated carbocycles. The molecule has 3 N–H and O–H groups in total. The lowest BCUT2D eigenvalue weighted by Gasteiger charge is -2.39. The van der Waals surface area contributed by atoms with Crippen LogP contribution in [0.2, 0.25) is 0 Å². The summed E-state index contributed by atoms with van der Waals surface area (Å²) in [5.74, 6) is -1.35. The zero-order valence-electron chi connectivity index (χ0n) is 28.9. The molecule has 0 bridgehead atoms. The summed E-state index contributed by atoms with van der Waals surface area (Å²) in [7, 11) is 2.83. The first kappa shape index (κ1) is 36.8. The van der Waals surface area contributed by atoms with Crippen LogP contribution in [0.1, 0.15) is 73.4 Å². The molecule has 258 valence electrons. The first-order valence-corrected chi connectivity index (χ1v) is 15.0. The Balaban J connectivity index is 2.12. The number of esters is 2. The number of hydrogen-bond acceptors (Lipinski definition) is 12. The number of aromatic nitrogens is 2. The summed E-state index contributed by atoms with van der Waals surface area (Å²) in [5, 5.41) is 8.52. The Bertz CT molecular complexity index is 1480. The van der Waals surface area contributed by atoms with E-state index < -0.39 is 52.9 Å². The Hall–Kier alpha value is -4.66. The molecule has 0 aliphatic carbocycles. The number of amides is 3. The van der Waals surface area contributed by atoms with Crippen molar-refractivity contribution in [2.75, 3.05) is 24.9 Å². The monoisotopic (exact) mass is 658 g/mol. The molecule has 1 aliphatic rings. The van der Waals surface area contributed by atoms with Crippen LogP contribution in [0, 0.1) is 0 Å². The molecule has 15 nitrogen and oxygen atoms in total. The predicted octanol–water partition coefficient (Wildman–Crippen LogP) is 4.40. The second kappa shape index (κ2) is 14.4. The standard InChI is InChI=1S/C32H46N6O9/c1-30(2,3)45-26(39)22(35-16-18-20(12-14-33-24(18)43-10)37-29(42)47-32(7,8)9)23(27(40)46-31(4,5)6)38-17-19-21(36-28(38)41)13-15-34-25(19)44-11/h12-15,22-23,35H,16-17H2,1-11H3,(H,36,41)(H,33,37,42). The van der Waals surface area contributed by atoms with Crippen LogP contribution in [-0.2, 0) is 36.9 Å². The Morgan fingerprint density at radius 3 is 1.98 bits per heavy atom. The van der Waals surface area contributed by atoms with E-state index in [-0.39, 0.29) is 30.5 Å². The summed E-state index contributed by atoms with van der Waals surface area (Å²) >= 11 is 0. The fourth-order valence-corrected chi connectivity index (χ4v) is 4.63. The van der Waals surface area contributed by atoms with Crippen molar-refractivity contribution in [2.45, 2.75) is 104 Å². The molecule has 15 heteroatoms. The number of carbonyl (C=O) groups is 4. The van der Waals surface area contributed by atoms with Gasteiger partial charge in [0.15, 0.2) is 6.04 Å². The third-order valence-electron chi connectivity index (χ3n) is 6.35. The number of anilines is 2. The molecular formula is C32H46N6O9. The highest BCUT2D eigenvalue weighted by Crippen LogP contribution is 2.32. The molecule has 0 radical (unpaired) electrons. The van der Waals surface area contributed by atoms with Crippen molar-refractivity contribution in [3.63, 3.8) is 0 Å². The van der Waals surface area contributed by atoms with Gasteiger partial charge in [0.2, 0.25) is 11.8 Å². The third kappa shape index (κ3) is 10.2. The highest BCUT2D eigenvalue weighted by Gasteiger charge is 2.46. The number of hydrogen-bond donors (Lipinski definition) is 3. The number of nitrogens with one attached hydrogen (secondary N) is 3. The van der Waals surface area contributed by atoms with Gasteiger partial charge in [-0.3, -0.25) is 15.4 Å². The van der Waals surface area contributed by atoms with Crippen LogP contribution in [0.3, 0.4) is 0 Å². The maximum absolute atomic E-state index is 14.0. The van der Waals surface area contributed by atoms with E-state index in [9.17, 15) is 19.2 Å². The van der Waals surface area contributed by atoms with Crippen molar-refractivity contribution in [3.8, 4) is 11.8 Å². The van der Waals surface area contributed by atoms with Crippen LogP contribution in [0.4, 0.5) is 21.0 Å². The average Bonchev–Trinajstić information content (AvgIpc) is 2.92. The molecule has 47 heavy (non-hydrogen) atoms. The fourth-order valence-electron chi connectivity index (χ4n) is 4.63. The van der Waals surface area contributed by atoms with E-state index >= 15 is 0 Å². The number of methoxy groups -OCH3 is 2. The predicted molar refractivity (Wildman–Crippen MR) is 172 cm³/mol. The van der Waals surface area contributed by atoms with Gasteiger partial charge in [-0.15, -0.1) is 0 Å². The maximum atomic E-state index is 14.0. The fraction of sp³-hybridized carbons (Fsp3) is 0.562. The van der Waals surface area contributed by atoms with Gasteiger partial charge >= 0.3 is 24.1 Å². The second-order valence-electron chi connectivity index (χ2n) is 13.7. The molecule has 0 spiro atoms. The van der Waals surface area contributed by atoms with E-state index in [0.717, 1.165) is 0 Å². The Morgan fingerprint density at radius 1 is 0.851 bits per heavy atom. The second-order valence-corrected chi connectivity index (χ2v) is 13.7. The molecular weight excluding hydrogens is 612 g/mol. The third-order valence-corrected chi connectivity index (χ3v) is 6.35. The van der Waals surface area contributed by atoms with Gasteiger partial charge in [0.1, 0.15) is 22.8 Å². The lowest BCUT2D eigenvalue weighted by molar-refractivity contribution is -0.170. The van der Waals surface area contributed by atoms with Crippen molar-refractivity contribution < 1.29 is 42.9 Å². The molecule has 1 aliphatic heterocycles. The minimum Gasteiger partial charge on any atom is -0.481 e. The Morgan fingerprint density at radius 2 is 1.40 bits per heavy atom. The quantitative estimate of drug-likeness (QED) is 0.242. The van der Waals surface area contributed by atoms with Gasteiger partial charge in [-0.2, -0.15) is 0 Å². The van der Waals surface area contributed by atoms with Gasteiger partial charge in [0.05, 0.1) is 43.3 Å². The van der Waals surface area contributed by atoms with Crippen LogP contribution >= 0.6 is 0 Å². The molecule has 2 unspecified atom stereocenters. The van der Waals surface area contributed by atoms with E-state index in [2.05, 4.69) is 25.9 Å². The zero-order valence-corrected chi connectivity index (χ0v) is 28.9. The van der Waals surface area contributed by atoms with Gasteiger partial charge in [0, 0.05) is 18.9 Å². The number of ether oxygens (including phenoxy) is 5. The average molecular weight is 659 g/mol. The molecule has 0 aromatic carbocycles. The zero-order chi connectivity index (χ0) is 35.3. The SMILES string of the molecule is COc1nccc(NC(=O)OC(C)(C)C)c1CNC(C(=O)OC(C)(C)C)C(C(=O)OC(C)(C)C)N1Cc2c(ccnc2OC)NC1=O. The van der Waals surface area contributed by atoms with Crippen molar-refractivity contribution in [2.24, 2.45) is 0 Å². The number of carbonyl (C=O) groups excluding carboxylic acids is 4. The van der Waals surface area contributed by atoms with Gasteiger partial charge in [-0.05, 0) is 74.4 Å². The lowest BCUT2D eigenvalue weighted by atomic mass is 10.0. The summed E-state index contributed by atoms with van der Waals surface area (Å²) in [5.41, 5.74) is -1.17. The Labute approximate surface area is 275 Å². The summed E-state index contributed by atoms with van der Waals surface area (Å²) in [6.07, 6.45) is 2.18. The van der Waals surface area contributed by atoms with E-state index in [1.54, 1.807) is 68.4 Å². The van der Waals surface area contributed by atoms with Crippen molar-refractivity contribution in [1.82, 2.24) is 20.2 Å². The van der Waals surface area contributed by atoms with Gasteiger partial charge < -0.3 is 33.9 Å². The van der Waals surface area contributed by atoms with Crippen LogP contribution in [0.15, 0.2) is 24.5 Å². The molecule has 0 fully saturated rings.